The third-order valence-corrected chi connectivity index (χ3v) is 6.64. The quantitative estimate of drug-likeness (QED) is 0.440. The number of nitrogens with one attached hydrogen (secondary N) is 1. The fraction of sp³-hybridized carbons (Fsp3) is 0.842. The molecule has 0 radical (unpaired) electrons. The lowest BCUT2D eigenvalue weighted by molar-refractivity contribution is -0.144. The van der Waals surface area contributed by atoms with E-state index in [1.54, 1.807) is 7.11 Å². The fourth-order valence-electron chi connectivity index (χ4n) is 4.90. The van der Waals surface area contributed by atoms with Gasteiger partial charge in [0.05, 0.1) is 12.0 Å². The molecule has 136 valence electrons. The van der Waals surface area contributed by atoms with E-state index in [2.05, 4.69) is 25.2 Å². The Balaban J connectivity index is 1.72. The van der Waals surface area contributed by atoms with Gasteiger partial charge in [0.2, 0.25) is 0 Å². The molecule has 2 N–H and O–H groups in total. The molecule has 0 aromatic carbocycles. The van der Waals surface area contributed by atoms with Gasteiger partial charge in [-0.1, -0.05) is 25.5 Å². The summed E-state index contributed by atoms with van der Waals surface area (Å²) < 4.78 is 10.7. The van der Waals surface area contributed by atoms with Crippen molar-refractivity contribution < 1.29 is 19.4 Å². The summed E-state index contributed by atoms with van der Waals surface area (Å²) in [5.74, 6) is -0.0755. The van der Waals surface area contributed by atoms with Crippen molar-refractivity contribution in [1.82, 2.24) is 5.32 Å². The van der Waals surface area contributed by atoms with Gasteiger partial charge in [-0.2, -0.15) is 0 Å². The van der Waals surface area contributed by atoms with Gasteiger partial charge in [0.1, 0.15) is 6.10 Å². The number of allylic oxidation sites excluding steroid dienone is 1. The third-order valence-electron chi connectivity index (χ3n) is 6.64. The number of methoxy groups -OCH3 is 1. The number of fused-ring (bicyclic) bond motifs is 2. The van der Waals surface area contributed by atoms with Crippen molar-refractivity contribution in [2.45, 2.75) is 51.7 Å². The van der Waals surface area contributed by atoms with Crippen LogP contribution in [0.5, 0.6) is 0 Å². The summed E-state index contributed by atoms with van der Waals surface area (Å²) in [6.45, 7) is 6.50. The van der Waals surface area contributed by atoms with Gasteiger partial charge in [-0.05, 0) is 31.7 Å². The van der Waals surface area contributed by atoms with Gasteiger partial charge in [-0.3, -0.25) is 4.79 Å². The Kier molecular flexibility index (Phi) is 5.33. The Hall–Kier alpha value is -0.910. The molecule has 0 aromatic heterocycles. The molecule has 2 fully saturated rings. The van der Waals surface area contributed by atoms with Gasteiger partial charge in [-0.15, -0.1) is 0 Å². The number of esters is 1. The lowest BCUT2D eigenvalue weighted by Crippen LogP contribution is -2.54. The SMILES string of the molecule is COCCCNC[C@@H]1C(=O)O[C@@H]2CC3=CCC[C@@H](C)[C@@]3(C)[C@@H](O)[C@H]12. The van der Waals surface area contributed by atoms with E-state index in [0.717, 1.165) is 32.2 Å². The van der Waals surface area contributed by atoms with Crippen LogP contribution in [0.3, 0.4) is 0 Å². The van der Waals surface area contributed by atoms with Crippen molar-refractivity contribution >= 4 is 5.97 Å². The van der Waals surface area contributed by atoms with Crippen molar-refractivity contribution in [1.29, 1.82) is 0 Å². The number of hydrogen-bond acceptors (Lipinski definition) is 5. The maximum Gasteiger partial charge on any atom is 0.311 e. The van der Waals surface area contributed by atoms with Crippen molar-refractivity contribution in [2.24, 2.45) is 23.2 Å². The first-order valence-electron chi connectivity index (χ1n) is 9.27. The number of aliphatic hydroxyl groups is 1. The second-order valence-electron chi connectivity index (χ2n) is 7.85. The molecule has 1 heterocycles. The van der Waals surface area contributed by atoms with Crippen molar-refractivity contribution in [3.8, 4) is 0 Å². The summed E-state index contributed by atoms with van der Waals surface area (Å²) in [5.41, 5.74) is 1.07. The molecular formula is C19H31NO4. The molecule has 0 aromatic rings. The van der Waals surface area contributed by atoms with E-state index < -0.39 is 6.10 Å². The molecule has 24 heavy (non-hydrogen) atoms. The number of rotatable bonds is 6. The van der Waals surface area contributed by atoms with Crippen molar-refractivity contribution in [3.63, 3.8) is 0 Å². The molecule has 0 spiro atoms. The number of aliphatic hydroxyl groups excluding tert-OH is 1. The Morgan fingerprint density at radius 1 is 1.50 bits per heavy atom. The minimum Gasteiger partial charge on any atom is -0.461 e. The zero-order valence-electron chi connectivity index (χ0n) is 15.1. The summed E-state index contributed by atoms with van der Waals surface area (Å²) >= 11 is 0. The number of ether oxygens (including phenoxy) is 2. The van der Waals surface area contributed by atoms with E-state index >= 15 is 0 Å². The summed E-state index contributed by atoms with van der Waals surface area (Å²) in [6, 6.07) is 0. The lowest BCUT2D eigenvalue weighted by atomic mass is 9.55. The van der Waals surface area contributed by atoms with Gasteiger partial charge in [0.15, 0.2) is 0 Å². The van der Waals surface area contributed by atoms with Crippen LogP contribution in [0.1, 0.15) is 39.5 Å². The van der Waals surface area contributed by atoms with Gasteiger partial charge >= 0.3 is 5.97 Å². The summed E-state index contributed by atoms with van der Waals surface area (Å²) in [7, 11) is 1.69. The van der Waals surface area contributed by atoms with Gasteiger partial charge < -0.3 is 19.9 Å². The van der Waals surface area contributed by atoms with Crippen LogP contribution in [0.2, 0.25) is 0 Å². The highest BCUT2D eigenvalue weighted by molar-refractivity contribution is 5.76. The van der Waals surface area contributed by atoms with Crippen LogP contribution in [-0.2, 0) is 14.3 Å². The molecule has 5 nitrogen and oxygen atoms in total. The molecule has 0 amide bonds. The molecule has 3 aliphatic rings. The van der Waals surface area contributed by atoms with Crippen LogP contribution >= 0.6 is 0 Å². The summed E-state index contributed by atoms with van der Waals surface area (Å²) in [4.78, 5) is 12.4. The average molecular weight is 337 g/mol. The van der Waals surface area contributed by atoms with E-state index in [0.29, 0.717) is 19.1 Å². The van der Waals surface area contributed by atoms with Gasteiger partial charge in [-0.25, -0.2) is 0 Å². The standard InChI is InChI=1S/C19H31NO4/c1-12-6-4-7-13-10-15-16(17(21)19(12,13)2)14(18(22)24-15)11-20-8-5-9-23-3/h7,12,14-17,20-21H,4-6,8-11H2,1-3H3/t12-,14+,15-,16-,17+,19-/m1/s1. The topological polar surface area (TPSA) is 67.8 Å². The number of carbonyl (C=O) groups is 1. The summed E-state index contributed by atoms with van der Waals surface area (Å²) in [6.07, 6.45) is 5.45. The number of hydrogen-bond donors (Lipinski definition) is 2. The predicted molar refractivity (Wildman–Crippen MR) is 91.4 cm³/mol. The molecule has 0 bridgehead atoms. The minimum absolute atomic E-state index is 0.102. The second-order valence-corrected chi connectivity index (χ2v) is 7.85. The molecule has 5 heteroatoms. The highest BCUT2D eigenvalue weighted by Gasteiger charge is 2.59. The highest BCUT2D eigenvalue weighted by atomic mass is 16.6. The van der Waals surface area contributed by atoms with Gasteiger partial charge in [0, 0.05) is 38.0 Å². The van der Waals surface area contributed by atoms with E-state index in [1.165, 1.54) is 5.57 Å². The first kappa shape index (κ1) is 17.9. The average Bonchev–Trinajstić information content (AvgIpc) is 2.86. The normalized spacial score (nSPS) is 41.4. The van der Waals surface area contributed by atoms with Crippen molar-refractivity contribution in [3.05, 3.63) is 11.6 Å². The largest absolute Gasteiger partial charge is 0.461 e. The Morgan fingerprint density at radius 3 is 3.04 bits per heavy atom. The van der Waals surface area contributed by atoms with Crippen LogP contribution in [0.25, 0.3) is 0 Å². The van der Waals surface area contributed by atoms with Gasteiger partial charge in [0.25, 0.3) is 0 Å². The Labute approximate surface area is 144 Å². The Morgan fingerprint density at radius 2 is 2.29 bits per heavy atom. The molecule has 1 aliphatic heterocycles. The van der Waals surface area contributed by atoms with E-state index in [9.17, 15) is 9.90 Å². The Bertz CT molecular complexity index is 506. The van der Waals surface area contributed by atoms with Crippen LogP contribution in [0.15, 0.2) is 11.6 Å². The fourth-order valence-corrected chi connectivity index (χ4v) is 4.90. The molecule has 6 atom stereocenters. The first-order valence-corrected chi connectivity index (χ1v) is 9.27. The summed E-state index contributed by atoms with van der Waals surface area (Å²) in [5, 5.41) is 14.5. The maximum absolute atomic E-state index is 12.4. The third kappa shape index (κ3) is 2.91. The predicted octanol–water partition coefficient (Wildman–Crippen LogP) is 1.90. The van der Waals surface area contributed by atoms with E-state index in [-0.39, 0.29) is 29.3 Å². The first-order chi connectivity index (χ1) is 11.5. The van der Waals surface area contributed by atoms with Crippen LogP contribution in [0, 0.1) is 23.2 Å². The maximum atomic E-state index is 12.4. The van der Waals surface area contributed by atoms with E-state index in [1.807, 2.05) is 0 Å². The molecule has 3 rings (SSSR count). The minimum atomic E-state index is -0.518. The van der Waals surface area contributed by atoms with Crippen molar-refractivity contribution in [2.75, 3.05) is 26.8 Å². The van der Waals surface area contributed by atoms with Crippen LogP contribution in [0.4, 0.5) is 0 Å². The zero-order valence-corrected chi connectivity index (χ0v) is 15.1. The molecule has 1 saturated heterocycles. The molecule has 0 unspecified atom stereocenters. The molecule has 2 aliphatic carbocycles. The van der Waals surface area contributed by atoms with E-state index in [4.69, 9.17) is 9.47 Å². The molecule has 1 saturated carbocycles. The smallest absolute Gasteiger partial charge is 0.311 e. The van der Waals surface area contributed by atoms with Crippen LogP contribution in [-0.4, -0.2) is 50.1 Å². The number of carbonyl (C=O) groups excluding carboxylic acids is 1. The zero-order chi connectivity index (χ0) is 17.3. The monoisotopic (exact) mass is 337 g/mol. The second kappa shape index (κ2) is 7.14. The lowest BCUT2D eigenvalue weighted by Gasteiger charge is -2.51. The van der Waals surface area contributed by atoms with Crippen LogP contribution < -0.4 is 5.32 Å². The molecular weight excluding hydrogens is 306 g/mol. The highest BCUT2D eigenvalue weighted by Crippen LogP contribution is 2.55.